The Hall–Kier alpha value is -1.60. The number of carbonyl (C=O) groups is 1. The minimum Gasteiger partial charge on any atom is -0.490 e. The Morgan fingerprint density at radius 2 is 2.14 bits per heavy atom. The summed E-state index contributed by atoms with van der Waals surface area (Å²) in [5.41, 5.74) is 0.825. The van der Waals surface area contributed by atoms with Crippen molar-refractivity contribution in [2.24, 2.45) is 5.92 Å². The lowest BCUT2D eigenvalue weighted by Crippen LogP contribution is -2.41. The standard InChI is InChI=1S/C15H21NO5S/c1-9(2)6-13(15(17)18)16-22(19,20)12-4-5-14-11(8-12)7-10(3)21-14/h4-5,8-10,13,16H,6-7H2,1-3H3,(H,17,18). The van der Waals surface area contributed by atoms with Gasteiger partial charge in [0.15, 0.2) is 0 Å². The maximum absolute atomic E-state index is 12.4. The zero-order valence-electron chi connectivity index (χ0n) is 12.9. The number of nitrogens with one attached hydrogen (secondary N) is 1. The quantitative estimate of drug-likeness (QED) is 0.831. The summed E-state index contributed by atoms with van der Waals surface area (Å²) in [6.45, 7) is 5.60. The first-order chi connectivity index (χ1) is 10.2. The van der Waals surface area contributed by atoms with Gasteiger partial charge < -0.3 is 9.84 Å². The first-order valence-electron chi connectivity index (χ1n) is 7.23. The molecule has 7 heteroatoms. The van der Waals surface area contributed by atoms with Gasteiger partial charge in [0, 0.05) is 6.42 Å². The lowest BCUT2D eigenvalue weighted by molar-refractivity contribution is -0.139. The molecule has 0 fully saturated rings. The molecule has 0 saturated carbocycles. The molecule has 2 unspecified atom stereocenters. The van der Waals surface area contributed by atoms with Crippen LogP contribution in [0, 0.1) is 5.92 Å². The van der Waals surface area contributed by atoms with Gasteiger partial charge in [-0.1, -0.05) is 13.8 Å². The fourth-order valence-electron chi connectivity index (χ4n) is 2.49. The zero-order valence-corrected chi connectivity index (χ0v) is 13.7. The predicted molar refractivity (Wildman–Crippen MR) is 81.4 cm³/mol. The fourth-order valence-corrected chi connectivity index (χ4v) is 3.74. The van der Waals surface area contributed by atoms with Crippen molar-refractivity contribution in [3.05, 3.63) is 23.8 Å². The summed E-state index contributed by atoms with van der Waals surface area (Å²) >= 11 is 0. The van der Waals surface area contributed by atoms with Crippen molar-refractivity contribution < 1.29 is 23.1 Å². The maximum atomic E-state index is 12.4. The Kier molecular flexibility index (Phi) is 4.77. The average Bonchev–Trinajstić information content (AvgIpc) is 2.75. The van der Waals surface area contributed by atoms with Gasteiger partial charge in [0.2, 0.25) is 10.0 Å². The number of ether oxygens (including phenoxy) is 1. The molecule has 0 aromatic heterocycles. The second kappa shape index (κ2) is 6.26. The van der Waals surface area contributed by atoms with Crippen LogP contribution in [0.15, 0.2) is 23.1 Å². The van der Waals surface area contributed by atoms with E-state index >= 15 is 0 Å². The third-order valence-corrected chi connectivity index (χ3v) is 4.95. The Labute approximate surface area is 130 Å². The van der Waals surface area contributed by atoms with Gasteiger partial charge >= 0.3 is 5.97 Å². The van der Waals surface area contributed by atoms with Crippen LogP contribution in [0.5, 0.6) is 5.75 Å². The van der Waals surface area contributed by atoms with Gasteiger partial charge in [-0.25, -0.2) is 8.42 Å². The number of carboxylic acids is 1. The topological polar surface area (TPSA) is 92.7 Å². The molecule has 1 aromatic carbocycles. The molecule has 2 N–H and O–H groups in total. The van der Waals surface area contributed by atoms with E-state index in [2.05, 4.69) is 4.72 Å². The number of rotatable bonds is 6. The van der Waals surface area contributed by atoms with Crippen molar-refractivity contribution in [1.82, 2.24) is 4.72 Å². The minimum atomic E-state index is -3.88. The van der Waals surface area contributed by atoms with Crippen LogP contribution in [0.1, 0.15) is 32.8 Å². The van der Waals surface area contributed by atoms with Gasteiger partial charge in [-0.05, 0) is 43.0 Å². The summed E-state index contributed by atoms with van der Waals surface area (Å²) in [6, 6.07) is 3.47. The Morgan fingerprint density at radius 1 is 1.45 bits per heavy atom. The molecule has 6 nitrogen and oxygen atoms in total. The van der Waals surface area contributed by atoms with Crippen molar-refractivity contribution in [2.75, 3.05) is 0 Å². The summed E-state index contributed by atoms with van der Waals surface area (Å²) in [6.07, 6.45) is 0.904. The molecule has 0 radical (unpaired) electrons. The number of hydrogen-bond acceptors (Lipinski definition) is 4. The van der Waals surface area contributed by atoms with E-state index in [0.717, 1.165) is 5.56 Å². The van der Waals surface area contributed by atoms with E-state index in [9.17, 15) is 18.3 Å². The van der Waals surface area contributed by atoms with Crippen molar-refractivity contribution in [3.63, 3.8) is 0 Å². The highest BCUT2D eigenvalue weighted by atomic mass is 32.2. The SMILES string of the molecule is CC(C)CC(NS(=O)(=O)c1ccc2c(c1)CC(C)O2)C(=O)O. The van der Waals surface area contributed by atoms with Crippen molar-refractivity contribution in [1.29, 1.82) is 0 Å². The number of fused-ring (bicyclic) bond motifs is 1. The lowest BCUT2D eigenvalue weighted by atomic mass is 10.1. The third-order valence-electron chi connectivity index (χ3n) is 3.48. The monoisotopic (exact) mass is 327 g/mol. The van der Waals surface area contributed by atoms with Crippen LogP contribution in [0.4, 0.5) is 0 Å². The average molecular weight is 327 g/mol. The first kappa shape index (κ1) is 16.8. The summed E-state index contributed by atoms with van der Waals surface area (Å²) in [5.74, 6) is -0.420. The molecule has 0 bridgehead atoms. The Balaban J connectivity index is 2.23. The third kappa shape index (κ3) is 3.78. The summed E-state index contributed by atoms with van der Waals surface area (Å²) in [7, 11) is -3.88. The Bertz CT molecular complexity index is 669. The number of aliphatic carboxylic acids is 1. The second-order valence-corrected chi connectivity index (χ2v) is 7.76. The van der Waals surface area contributed by atoms with Crippen LogP contribution in [0.3, 0.4) is 0 Å². The van der Waals surface area contributed by atoms with Crippen molar-refractivity contribution in [3.8, 4) is 5.75 Å². The largest absolute Gasteiger partial charge is 0.490 e. The smallest absolute Gasteiger partial charge is 0.321 e. The minimum absolute atomic E-state index is 0.0219. The second-order valence-electron chi connectivity index (χ2n) is 6.04. The van der Waals surface area contributed by atoms with Crippen LogP contribution < -0.4 is 9.46 Å². The molecule has 1 aromatic rings. The molecule has 0 spiro atoms. The molecular weight excluding hydrogens is 306 g/mol. The van der Waals surface area contributed by atoms with Gasteiger partial charge in [0.05, 0.1) is 4.90 Å². The molecule has 1 aliphatic rings. The molecule has 122 valence electrons. The van der Waals surface area contributed by atoms with E-state index in [4.69, 9.17) is 4.74 Å². The highest BCUT2D eigenvalue weighted by Gasteiger charge is 2.28. The number of hydrogen-bond donors (Lipinski definition) is 2. The van der Waals surface area contributed by atoms with E-state index < -0.39 is 22.0 Å². The van der Waals surface area contributed by atoms with E-state index in [0.29, 0.717) is 12.2 Å². The molecule has 2 atom stereocenters. The van der Waals surface area contributed by atoms with Crippen LogP contribution in [-0.4, -0.2) is 31.6 Å². The zero-order chi connectivity index (χ0) is 16.5. The van der Waals surface area contributed by atoms with E-state index in [1.807, 2.05) is 20.8 Å². The molecule has 0 saturated heterocycles. The molecule has 0 amide bonds. The van der Waals surface area contributed by atoms with Gasteiger partial charge in [-0.2, -0.15) is 4.72 Å². The number of benzene rings is 1. The maximum Gasteiger partial charge on any atom is 0.321 e. The summed E-state index contributed by atoms with van der Waals surface area (Å²) in [4.78, 5) is 11.3. The number of carboxylic acid groups (broad SMARTS) is 1. The highest BCUT2D eigenvalue weighted by molar-refractivity contribution is 7.89. The summed E-state index contributed by atoms with van der Waals surface area (Å²) < 4.78 is 32.6. The van der Waals surface area contributed by atoms with Gasteiger partial charge in [0.1, 0.15) is 17.9 Å². The van der Waals surface area contributed by atoms with E-state index in [1.54, 1.807) is 12.1 Å². The number of sulfonamides is 1. The van der Waals surface area contributed by atoms with Crippen molar-refractivity contribution in [2.45, 2.75) is 50.7 Å². The normalized spacial score (nSPS) is 18.8. The predicted octanol–water partition coefficient (Wildman–Crippen LogP) is 1.79. The van der Waals surface area contributed by atoms with Gasteiger partial charge in [-0.15, -0.1) is 0 Å². The van der Waals surface area contributed by atoms with Crippen LogP contribution in [0.25, 0.3) is 0 Å². The molecule has 2 rings (SSSR count). The Morgan fingerprint density at radius 3 is 2.73 bits per heavy atom. The molecule has 1 heterocycles. The van der Waals surface area contributed by atoms with Crippen LogP contribution in [0.2, 0.25) is 0 Å². The van der Waals surface area contributed by atoms with Crippen LogP contribution in [-0.2, 0) is 21.2 Å². The molecular formula is C15H21NO5S. The van der Waals surface area contributed by atoms with E-state index in [1.165, 1.54) is 6.07 Å². The first-order valence-corrected chi connectivity index (χ1v) is 8.72. The summed E-state index contributed by atoms with van der Waals surface area (Å²) in [5, 5.41) is 9.18. The lowest BCUT2D eigenvalue weighted by Gasteiger charge is -2.16. The molecule has 22 heavy (non-hydrogen) atoms. The molecule has 1 aliphatic heterocycles. The van der Waals surface area contributed by atoms with Gasteiger partial charge in [0.25, 0.3) is 0 Å². The van der Waals surface area contributed by atoms with Gasteiger partial charge in [-0.3, -0.25) is 4.79 Å². The van der Waals surface area contributed by atoms with Crippen molar-refractivity contribution >= 4 is 16.0 Å². The van der Waals surface area contributed by atoms with Crippen LogP contribution >= 0.6 is 0 Å². The highest BCUT2D eigenvalue weighted by Crippen LogP contribution is 2.30. The van der Waals surface area contributed by atoms with E-state index in [-0.39, 0.29) is 23.3 Å². The fraction of sp³-hybridized carbons (Fsp3) is 0.533. The molecule has 0 aliphatic carbocycles.